The van der Waals surface area contributed by atoms with Crippen LogP contribution in [0.5, 0.6) is 0 Å². The molecule has 0 aliphatic carbocycles. The molecule has 5 nitrogen and oxygen atoms in total. The van der Waals surface area contributed by atoms with E-state index in [0.29, 0.717) is 6.21 Å². The predicted molar refractivity (Wildman–Crippen MR) is 24.0 cm³/mol. The first-order valence-corrected chi connectivity index (χ1v) is 1.67. The molecule has 0 heterocycles. The predicted octanol–water partition coefficient (Wildman–Crippen LogP) is -0.956. The van der Waals surface area contributed by atoms with Crippen LogP contribution in [0.25, 0.3) is 0 Å². The van der Waals surface area contributed by atoms with Crippen molar-refractivity contribution in [1.82, 2.24) is 5.32 Å². The van der Waals surface area contributed by atoms with E-state index in [-0.39, 0.29) is 0 Å². The number of hydrogen-bond donors (Lipinski definition) is 2. The smallest absolute Gasteiger partial charge is 0.278 e. The molecule has 0 aliphatic rings. The number of carbonyl (C=O) groups excluding carboxylic acids is 1. The molecule has 0 radical (unpaired) electrons. The largest absolute Gasteiger partial charge is 0.411 e. The summed E-state index contributed by atoms with van der Waals surface area (Å²) in [6, 6.07) is 0. The highest BCUT2D eigenvalue weighted by molar-refractivity contribution is 6.26. The second-order valence-electron chi connectivity index (χ2n) is 0.846. The van der Waals surface area contributed by atoms with Crippen LogP contribution in [-0.2, 0) is 4.79 Å². The fourth-order valence-corrected chi connectivity index (χ4v) is 0.140. The molecule has 0 saturated carbocycles. The summed E-state index contributed by atoms with van der Waals surface area (Å²) in [4.78, 5) is 10.0. The van der Waals surface area contributed by atoms with Gasteiger partial charge in [-0.15, -0.1) is 0 Å². The maximum atomic E-state index is 10.0. The second-order valence-corrected chi connectivity index (χ2v) is 0.846. The van der Waals surface area contributed by atoms with Crippen molar-refractivity contribution in [3.8, 4) is 6.19 Å². The first-order chi connectivity index (χ1) is 3.81. The molecule has 0 unspecified atom stereocenters. The van der Waals surface area contributed by atoms with Crippen molar-refractivity contribution >= 4 is 12.1 Å². The van der Waals surface area contributed by atoms with Crippen LogP contribution in [-0.4, -0.2) is 17.3 Å². The lowest BCUT2D eigenvalue weighted by molar-refractivity contribution is -0.113. The zero-order valence-corrected chi connectivity index (χ0v) is 3.83. The Morgan fingerprint density at radius 2 is 2.62 bits per heavy atom. The van der Waals surface area contributed by atoms with Gasteiger partial charge in [0.05, 0.1) is 0 Å². The number of carbonyl (C=O) groups is 1. The monoisotopic (exact) mass is 113 g/mol. The Hall–Kier alpha value is -1.57. The molecule has 0 aromatic carbocycles. The number of nitrogens with zero attached hydrogens (tertiary/aromatic N) is 2. The van der Waals surface area contributed by atoms with Crippen molar-refractivity contribution in [2.75, 3.05) is 0 Å². The van der Waals surface area contributed by atoms with E-state index >= 15 is 0 Å². The highest BCUT2D eigenvalue weighted by atomic mass is 16.4. The summed E-state index contributed by atoms with van der Waals surface area (Å²) in [5.41, 5.74) is 0. The maximum Gasteiger partial charge on any atom is 0.278 e. The number of amides is 1. The molecule has 0 rings (SSSR count). The first kappa shape index (κ1) is 6.43. The van der Waals surface area contributed by atoms with Gasteiger partial charge < -0.3 is 5.21 Å². The van der Waals surface area contributed by atoms with Gasteiger partial charge in [0.1, 0.15) is 6.21 Å². The third-order valence-corrected chi connectivity index (χ3v) is 0.354. The minimum atomic E-state index is -0.741. The second kappa shape index (κ2) is 3.61. The minimum absolute atomic E-state index is 0.587. The van der Waals surface area contributed by atoms with Gasteiger partial charge in [-0.05, 0) is 0 Å². The van der Waals surface area contributed by atoms with Crippen LogP contribution in [0, 0.1) is 11.5 Å². The Kier molecular flexibility index (Phi) is 2.90. The van der Waals surface area contributed by atoms with Crippen LogP contribution in [0.3, 0.4) is 0 Å². The molecule has 0 aromatic heterocycles. The van der Waals surface area contributed by atoms with Crippen LogP contribution < -0.4 is 5.32 Å². The highest BCUT2D eigenvalue weighted by Crippen LogP contribution is 1.54. The fourth-order valence-electron chi connectivity index (χ4n) is 0.140. The topological polar surface area (TPSA) is 85.5 Å². The van der Waals surface area contributed by atoms with Gasteiger partial charge >= 0.3 is 0 Å². The average molecular weight is 113 g/mol. The van der Waals surface area contributed by atoms with E-state index in [1.54, 1.807) is 5.32 Å². The number of nitriles is 1. The molecular formula is C3H3N3O2. The molecule has 1 amide bonds. The van der Waals surface area contributed by atoms with Gasteiger partial charge in [0.25, 0.3) is 5.91 Å². The molecule has 0 aliphatic heterocycles. The zero-order chi connectivity index (χ0) is 6.41. The molecule has 8 heavy (non-hydrogen) atoms. The van der Waals surface area contributed by atoms with Crippen LogP contribution in [0.15, 0.2) is 5.16 Å². The number of nitrogens with one attached hydrogen (secondary N) is 1. The SMILES string of the molecule is N#CNC(=O)C=NO. The van der Waals surface area contributed by atoms with Crippen LogP contribution in [0.2, 0.25) is 0 Å². The Morgan fingerprint density at radius 1 is 2.00 bits per heavy atom. The minimum Gasteiger partial charge on any atom is -0.411 e. The van der Waals surface area contributed by atoms with Crippen molar-refractivity contribution in [2.24, 2.45) is 5.16 Å². The van der Waals surface area contributed by atoms with E-state index in [1.165, 1.54) is 6.19 Å². The summed E-state index contributed by atoms with van der Waals surface area (Å²) in [5, 5.41) is 19.5. The molecule has 0 saturated heterocycles. The van der Waals surface area contributed by atoms with Gasteiger partial charge in [0.2, 0.25) is 0 Å². The number of oxime groups is 1. The molecule has 0 bridgehead atoms. The van der Waals surface area contributed by atoms with E-state index in [2.05, 4.69) is 5.16 Å². The average Bonchev–Trinajstić information content (AvgIpc) is 1.68. The maximum absolute atomic E-state index is 10.0. The van der Waals surface area contributed by atoms with Crippen LogP contribution in [0.1, 0.15) is 0 Å². The molecule has 5 heteroatoms. The summed E-state index contributed by atoms with van der Waals surface area (Å²) >= 11 is 0. The van der Waals surface area contributed by atoms with Crippen molar-refractivity contribution in [3.63, 3.8) is 0 Å². The Balaban J connectivity index is 3.53. The molecule has 0 aromatic rings. The van der Waals surface area contributed by atoms with Crippen LogP contribution in [0.4, 0.5) is 0 Å². The van der Waals surface area contributed by atoms with Gasteiger partial charge in [0, 0.05) is 0 Å². The van der Waals surface area contributed by atoms with Crippen LogP contribution >= 0.6 is 0 Å². The first-order valence-electron chi connectivity index (χ1n) is 1.67. The Morgan fingerprint density at radius 3 is 3.00 bits per heavy atom. The van der Waals surface area contributed by atoms with E-state index < -0.39 is 5.91 Å². The van der Waals surface area contributed by atoms with Crippen molar-refractivity contribution in [1.29, 1.82) is 5.26 Å². The lowest BCUT2D eigenvalue weighted by Crippen LogP contribution is -2.17. The summed E-state index contributed by atoms with van der Waals surface area (Å²) in [6.07, 6.45) is 1.94. The third-order valence-electron chi connectivity index (χ3n) is 0.354. The van der Waals surface area contributed by atoms with Crippen molar-refractivity contribution < 1.29 is 10.0 Å². The van der Waals surface area contributed by atoms with Gasteiger partial charge in [-0.2, -0.15) is 5.26 Å². The summed E-state index contributed by atoms with van der Waals surface area (Å²) in [7, 11) is 0. The van der Waals surface area contributed by atoms with E-state index in [9.17, 15) is 4.79 Å². The van der Waals surface area contributed by atoms with E-state index in [0.717, 1.165) is 0 Å². The van der Waals surface area contributed by atoms with Gasteiger partial charge in [-0.3, -0.25) is 10.1 Å². The number of rotatable bonds is 1. The Bertz CT molecular complexity index is 145. The van der Waals surface area contributed by atoms with E-state index in [1.807, 2.05) is 0 Å². The summed E-state index contributed by atoms with van der Waals surface area (Å²) in [6.45, 7) is 0. The normalized spacial score (nSPS) is 8.38. The third kappa shape index (κ3) is 2.66. The zero-order valence-electron chi connectivity index (χ0n) is 3.83. The molecule has 2 N–H and O–H groups in total. The lowest BCUT2D eigenvalue weighted by Gasteiger charge is -1.79. The quantitative estimate of drug-likeness (QED) is 0.151. The van der Waals surface area contributed by atoms with Crippen molar-refractivity contribution in [2.45, 2.75) is 0 Å². The van der Waals surface area contributed by atoms with Crippen molar-refractivity contribution in [3.05, 3.63) is 0 Å². The van der Waals surface area contributed by atoms with E-state index in [4.69, 9.17) is 10.5 Å². The Labute approximate surface area is 45.2 Å². The fraction of sp³-hybridized carbons (Fsp3) is 0. The van der Waals surface area contributed by atoms with Gasteiger partial charge in [-0.25, -0.2) is 0 Å². The number of hydrogen-bond acceptors (Lipinski definition) is 4. The molecule has 0 spiro atoms. The lowest BCUT2D eigenvalue weighted by atomic mass is 10.7. The van der Waals surface area contributed by atoms with Gasteiger partial charge in [-0.1, -0.05) is 5.16 Å². The molecule has 0 fully saturated rings. The standard InChI is InChI=1S/C3H3N3O2/c4-2-5-3(7)1-6-8/h1,8H,(H,5,7). The highest BCUT2D eigenvalue weighted by Gasteiger charge is 1.89. The molecule has 42 valence electrons. The summed E-state index contributed by atoms with van der Waals surface area (Å²) < 4.78 is 0. The summed E-state index contributed by atoms with van der Waals surface area (Å²) in [5.74, 6) is -0.741. The van der Waals surface area contributed by atoms with Gasteiger partial charge in [0.15, 0.2) is 6.19 Å². The molecule has 0 atom stereocenters. The molecular weight excluding hydrogens is 110 g/mol.